The molecule has 1 aliphatic rings. The summed E-state index contributed by atoms with van der Waals surface area (Å²) in [5.74, 6) is -1.94. The number of halogens is 1. The SMILES string of the molecule is C/C(=C(\SCC1=C(N=O)C(=O)NC1=O)c1ccc(F)cc1)c1ccc(S(C)(=O)=O)cc1.CC. The summed E-state index contributed by atoms with van der Waals surface area (Å²) >= 11 is 1.18. The van der Waals surface area contributed by atoms with Gasteiger partial charge in [0, 0.05) is 16.9 Å². The van der Waals surface area contributed by atoms with Crippen LogP contribution in [0.3, 0.4) is 0 Å². The Labute approximate surface area is 196 Å². The Hall–Kier alpha value is -3.11. The molecule has 0 unspecified atom stereocenters. The molecule has 0 saturated heterocycles. The molecule has 0 spiro atoms. The van der Waals surface area contributed by atoms with Crippen molar-refractivity contribution in [3.05, 3.63) is 81.7 Å². The van der Waals surface area contributed by atoms with Gasteiger partial charge in [0.15, 0.2) is 15.5 Å². The minimum absolute atomic E-state index is 0.00980. The second-order valence-electron chi connectivity index (χ2n) is 6.75. The van der Waals surface area contributed by atoms with E-state index in [0.717, 1.165) is 11.8 Å². The van der Waals surface area contributed by atoms with Crippen molar-refractivity contribution in [2.45, 2.75) is 25.7 Å². The number of imide groups is 1. The maximum Gasteiger partial charge on any atom is 0.280 e. The largest absolute Gasteiger partial charge is 0.287 e. The molecule has 1 N–H and O–H groups in total. The number of rotatable bonds is 7. The minimum atomic E-state index is -3.35. The molecule has 174 valence electrons. The van der Waals surface area contributed by atoms with Gasteiger partial charge in [-0.15, -0.1) is 16.7 Å². The van der Waals surface area contributed by atoms with Gasteiger partial charge in [0.05, 0.1) is 10.5 Å². The molecule has 33 heavy (non-hydrogen) atoms. The fraction of sp³-hybridized carbons (Fsp3) is 0.217. The zero-order valence-corrected chi connectivity index (χ0v) is 20.1. The first kappa shape index (κ1) is 26.1. The molecule has 3 rings (SSSR count). The number of allylic oxidation sites excluding steroid dienone is 1. The van der Waals surface area contributed by atoms with Crippen LogP contribution in [0.5, 0.6) is 0 Å². The van der Waals surface area contributed by atoms with Gasteiger partial charge in [-0.2, -0.15) is 0 Å². The average Bonchev–Trinajstić information content (AvgIpc) is 3.07. The van der Waals surface area contributed by atoms with Gasteiger partial charge in [-0.05, 0) is 53.1 Å². The van der Waals surface area contributed by atoms with Crippen molar-refractivity contribution in [1.82, 2.24) is 5.32 Å². The van der Waals surface area contributed by atoms with Gasteiger partial charge in [-0.3, -0.25) is 14.9 Å². The van der Waals surface area contributed by atoms with E-state index in [2.05, 4.69) is 5.18 Å². The summed E-state index contributed by atoms with van der Waals surface area (Å²) in [6, 6.07) is 12.0. The summed E-state index contributed by atoms with van der Waals surface area (Å²) in [7, 11) is -3.35. The third-order valence-electron chi connectivity index (χ3n) is 4.62. The molecule has 2 amide bonds. The minimum Gasteiger partial charge on any atom is -0.287 e. The van der Waals surface area contributed by atoms with E-state index in [1.807, 2.05) is 19.2 Å². The molecule has 0 fully saturated rings. The van der Waals surface area contributed by atoms with Gasteiger partial charge in [-0.1, -0.05) is 38.1 Å². The first-order chi connectivity index (χ1) is 15.6. The zero-order valence-electron chi connectivity index (χ0n) is 18.5. The highest BCUT2D eigenvalue weighted by Crippen LogP contribution is 2.37. The van der Waals surface area contributed by atoms with Crippen molar-refractivity contribution in [2.75, 3.05) is 12.0 Å². The summed E-state index contributed by atoms with van der Waals surface area (Å²) in [4.78, 5) is 35.4. The molecule has 1 heterocycles. The third-order valence-corrected chi connectivity index (χ3v) is 7.01. The van der Waals surface area contributed by atoms with E-state index in [9.17, 15) is 27.3 Å². The monoisotopic (exact) mass is 490 g/mol. The molecular formula is C23H23FN2O5S2. The lowest BCUT2D eigenvalue weighted by atomic mass is 10.0. The molecule has 0 bridgehead atoms. The van der Waals surface area contributed by atoms with Crippen molar-refractivity contribution >= 4 is 43.9 Å². The number of hydrogen-bond acceptors (Lipinski definition) is 7. The van der Waals surface area contributed by atoms with Gasteiger partial charge in [0.1, 0.15) is 5.82 Å². The molecule has 0 aliphatic carbocycles. The Morgan fingerprint density at radius 3 is 2.03 bits per heavy atom. The highest BCUT2D eigenvalue weighted by Gasteiger charge is 2.31. The van der Waals surface area contributed by atoms with E-state index >= 15 is 0 Å². The lowest BCUT2D eigenvalue weighted by Gasteiger charge is -2.14. The first-order valence-corrected chi connectivity index (χ1v) is 12.8. The number of hydrogen-bond donors (Lipinski definition) is 1. The van der Waals surface area contributed by atoms with Crippen LogP contribution >= 0.6 is 11.8 Å². The predicted octanol–water partition coefficient (Wildman–Crippen LogP) is 4.55. The van der Waals surface area contributed by atoms with E-state index in [4.69, 9.17) is 0 Å². The van der Waals surface area contributed by atoms with Crippen molar-refractivity contribution < 1.29 is 22.4 Å². The van der Waals surface area contributed by atoms with Crippen LogP contribution in [0.4, 0.5) is 4.39 Å². The fourth-order valence-corrected chi connectivity index (χ4v) is 4.77. The van der Waals surface area contributed by atoms with Crippen LogP contribution in [0.25, 0.3) is 10.5 Å². The van der Waals surface area contributed by atoms with Gasteiger partial charge in [0.25, 0.3) is 11.8 Å². The topological polar surface area (TPSA) is 110 Å². The van der Waals surface area contributed by atoms with Crippen LogP contribution in [-0.2, 0) is 19.4 Å². The fourth-order valence-electron chi connectivity index (χ4n) is 2.95. The van der Waals surface area contributed by atoms with Crippen LogP contribution in [0.15, 0.2) is 69.9 Å². The van der Waals surface area contributed by atoms with Crippen molar-refractivity contribution in [1.29, 1.82) is 0 Å². The molecule has 0 atom stereocenters. The van der Waals surface area contributed by atoms with Gasteiger partial charge < -0.3 is 0 Å². The summed E-state index contributed by atoms with van der Waals surface area (Å²) in [6.45, 7) is 5.80. The van der Waals surface area contributed by atoms with Crippen LogP contribution in [0.2, 0.25) is 0 Å². The van der Waals surface area contributed by atoms with E-state index in [-0.39, 0.29) is 16.2 Å². The molecule has 2 aromatic carbocycles. The predicted molar refractivity (Wildman–Crippen MR) is 128 cm³/mol. The zero-order chi connectivity index (χ0) is 24.8. The van der Waals surface area contributed by atoms with Crippen LogP contribution in [-0.4, -0.2) is 32.2 Å². The molecule has 0 aromatic heterocycles. The molecule has 10 heteroatoms. The summed E-state index contributed by atoms with van der Waals surface area (Å²) in [6.07, 6.45) is 1.12. The van der Waals surface area contributed by atoms with E-state index in [1.54, 1.807) is 31.2 Å². The maximum absolute atomic E-state index is 13.4. The molecule has 0 radical (unpaired) electrons. The Morgan fingerprint density at radius 1 is 0.970 bits per heavy atom. The number of nitroso groups, excluding NO2 is 1. The molecule has 7 nitrogen and oxygen atoms in total. The normalized spacial score (nSPS) is 14.3. The Balaban J connectivity index is 0.00000187. The molecule has 1 aliphatic heterocycles. The number of amides is 2. The second-order valence-corrected chi connectivity index (χ2v) is 9.75. The van der Waals surface area contributed by atoms with Crippen LogP contribution < -0.4 is 5.32 Å². The lowest BCUT2D eigenvalue weighted by Crippen LogP contribution is -2.23. The number of carbonyl (C=O) groups is 2. The smallest absolute Gasteiger partial charge is 0.280 e. The summed E-state index contributed by atoms with van der Waals surface area (Å²) in [5, 5.41) is 4.70. The summed E-state index contributed by atoms with van der Waals surface area (Å²) in [5.41, 5.74) is 1.62. The standard InChI is InChI=1S/C21H17FN2O5S2.C2H6/c1-12(13-5-9-16(10-6-13)31(2,28)29)19(14-3-7-15(22)8-4-14)30-11-17-18(24-27)21(26)23-20(17)25;1-2/h3-10H,11H2,1-2H3,(H,23,25,26);1-2H3/b19-12+;. The summed E-state index contributed by atoms with van der Waals surface area (Å²) < 4.78 is 36.9. The van der Waals surface area contributed by atoms with E-state index in [0.29, 0.717) is 16.0 Å². The third kappa shape index (κ3) is 6.23. The number of nitrogens with zero attached hydrogens (tertiary/aromatic N) is 1. The van der Waals surface area contributed by atoms with Gasteiger partial charge >= 0.3 is 0 Å². The van der Waals surface area contributed by atoms with E-state index < -0.39 is 33.2 Å². The maximum atomic E-state index is 13.4. The molecule has 2 aromatic rings. The molecule has 0 saturated carbocycles. The van der Waals surface area contributed by atoms with Crippen LogP contribution in [0, 0.1) is 10.7 Å². The number of sulfone groups is 1. The average molecular weight is 491 g/mol. The molecular weight excluding hydrogens is 467 g/mol. The van der Waals surface area contributed by atoms with Crippen molar-refractivity contribution in [2.24, 2.45) is 5.18 Å². The first-order valence-electron chi connectivity index (χ1n) is 9.94. The highest BCUT2D eigenvalue weighted by atomic mass is 32.2. The van der Waals surface area contributed by atoms with E-state index in [1.165, 1.54) is 36.0 Å². The van der Waals surface area contributed by atoms with Crippen molar-refractivity contribution in [3.63, 3.8) is 0 Å². The quantitative estimate of drug-likeness (QED) is 0.346. The highest BCUT2D eigenvalue weighted by molar-refractivity contribution is 8.08. The number of thioether (sulfide) groups is 1. The van der Waals surface area contributed by atoms with Gasteiger partial charge in [-0.25, -0.2) is 12.8 Å². The Morgan fingerprint density at radius 2 is 1.52 bits per heavy atom. The Kier molecular flexibility index (Phi) is 8.84. The number of benzene rings is 2. The Bertz CT molecular complexity index is 1230. The van der Waals surface area contributed by atoms with Crippen molar-refractivity contribution in [3.8, 4) is 0 Å². The van der Waals surface area contributed by atoms with Gasteiger partial charge in [0.2, 0.25) is 0 Å². The second kappa shape index (κ2) is 11.2. The number of nitrogens with one attached hydrogen (secondary N) is 1. The number of carbonyl (C=O) groups excluding carboxylic acids is 2. The lowest BCUT2D eigenvalue weighted by molar-refractivity contribution is -0.124. The van der Waals surface area contributed by atoms with Crippen LogP contribution in [0.1, 0.15) is 31.9 Å².